The zero-order valence-corrected chi connectivity index (χ0v) is 10.7. The molecule has 0 fully saturated rings. The van der Waals surface area contributed by atoms with Crippen molar-refractivity contribution in [2.24, 2.45) is 0 Å². The molecular formula is C13H22N2. The van der Waals surface area contributed by atoms with Crippen molar-refractivity contribution in [1.29, 1.82) is 0 Å². The standard InChI is InChI=1S/C13H22N2/c1-8(2)11-7-12(9(3)4)14-15-13(11)10(5)6/h7-10H,1-6H3. The van der Waals surface area contributed by atoms with Crippen LogP contribution in [0.25, 0.3) is 0 Å². The number of hydrogen-bond donors (Lipinski definition) is 0. The maximum atomic E-state index is 4.37. The van der Waals surface area contributed by atoms with Gasteiger partial charge in [-0.3, -0.25) is 0 Å². The summed E-state index contributed by atoms with van der Waals surface area (Å²) in [5.74, 6) is 1.43. The molecule has 0 aliphatic heterocycles. The Bertz CT molecular complexity index is 327. The SMILES string of the molecule is CC(C)c1cc(C(C)C)c(C(C)C)nn1. The van der Waals surface area contributed by atoms with E-state index in [1.54, 1.807) is 0 Å². The number of rotatable bonds is 3. The topological polar surface area (TPSA) is 25.8 Å². The van der Waals surface area contributed by atoms with Crippen molar-refractivity contribution >= 4 is 0 Å². The van der Waals surface area contributed by atoms with Crippen LogP contribution in [0.15, 0.2) is 6.07 Å². The van der Waals surface area contributed by atoms with Crippen molar-refractivity contribution in [3.63, 3.8) is 0 Å². The van der Waals surface area contributed by atoms with Crippen LogP contribution < -0.4 is 0 Å². The summed E-state index contributed by atoms with van der Waals surface area (Å²) >= 11 is 0. The highest BCUT2D eigenvalue weighted by Crippen LogP contribution is 2.25. The first kappa shape index (κ1) is 12.2. The van der Waals surface area contributed by atoms with E-state index in [2.05, 4.69) is 57.8 Å². The molecule has 2 nitrogen and oxygen atoms in total. The number of nitrogens with zero attached hydrogens (tertiary/aromatic N) is 2. The molecule has 0 aromatic carbocycles. The predicted molar refractivity (Wildman–Crippen MR) is 64.3 cm³/mol. The maximum Gasteiger partial charge on any atom is 0.0691 e. The van der Waals surface area contributed by atoms with E-state index in [9.17, 15) is 0 Å². The molecule has 15 heavy (non-hydrogen) atoms. The van der Waals surface area contributed by atoms with E-state index in [0.717, 1.165) is 11.4 Å². The summed E-state index contributed by atoms with van der Waals surface area (Å²) < 4.78 is 0. The van der Waals surface area contributed by atoms with Crippen LogP contribution in [0.4, 0.5) is 0 Å². The van der Waals surface area contributed by atoms with Gasteiger partial charge in [0.1, 0.15) is 0 Å². The zero-order valence-electron chi connectivity index (χ0n) is 10.7. The van der Waals surface area contributed by atoms with Gasteiger partial charge in [-0.2, -0.15) is 10.2 Å². The van der Waals surface area contributed by atoms with Gasteiger partial charge in [0.25, 0.3) is 0 Å². The Morgan fingerprint density at radius 1 is 0.800 bits per heavy atom. The molecule has 1 rings (SSSR count). The van der Waals surface area contributed by atoms with E-state index in [1.165, 1.54) is 5.56 Å². The van der Waals surface area contributed by atoms with Crippen molar-refractivity contribution in [2.75, 3.05) is 0 Å². The van der Waals surface area contributed by atoms with Gasteiger partial charge in [-0.05, 0) is 29.4 Å². The van der Waals surface area contributed by atoms with Crippen molar-refractivity contribution in [2.45, 2.75) is 59.3 Å². The molecule has 0 atom stereocenters. The van der Waals surface area contributed by atoms with Gasteiger partial charge < -0.3 is 0 Å². The van der Waals surface area contributed by atoms with Gasteiger partial charge in [-0.15, -0.1) is 0 Å². The minimum absolute atomic E-state index is 0.455. The fraction of sp³-hybridized carbons (Fsp3) is 0.692. The summed E-state index contributed by atoms with van der Waals surface area (Å²) in [5.41, 5.74) is 3.60. The fourth-order valence-corrected chi connectivity index (χ4v) is 1.62. The predicted octanol–water partition coefficient (Wildman–Crippen LogP) is 3.85. The Morgan fingerprint density at radius 2 is 1.40 bits per heavy atom. The molecule has 0 spiro atoms. The van der Waals surface area contributed by atoms with Crippen molar-refractivity contribution in [3.8, 4) is 0 Å². The van der Waals surface area contributed by atoms with Gasteiger partial charge in [0.15, 0.2) is 0 Å². The zero-order chi connectivity index (χ0) is 11.6. The van der Waals surface area contributed by atoms with Gasteiger partial charge in [0.05, 0.1) is 11.4 Å². The molecule has 0 unspecified atom stereocenters. The maximum absolute atomic E-state index is 4.37. The largest absolute Gasteiger partial charge is 0.155 e. The van der Waals surface area contributed by atoms with Crippen LogP contribution in [-0.4, -0.2) is 10.2 Å². The van der Waals surface area contributed by atoms with Crippen LogP contribution in [0, 0.1) is 0 Å². The lowest BCUT2D eigenvalue weighted by Gasteiger charge is -2.16. The smallest absolute Gasteiger partial charge is 0.0691 e. The van der Waals surface area contributed by atoms with Crippen LogP contribution in [-0.2, 0) is 0 Å². The van der Waals surface area contributed by atoms with Gasteiger partial charge in [-0.25, -0.2) is 0 Å². The third-order valence-electron chi connectivity index (χ3n) is 2.63. The summed E-state index contributed by atoms with van der Waals surface area (Å²) in [7, 11) is 0. The van der Waals surface area contributed by atoms with Crippen molar-refractivity contribution < 1.29 is 0 Å². The summed E-state index contributed by atoms with van der Waals surface area (Å²) in [6.45, 7) is 13.1. The Balaban J connectivity index is 3.21. The van der Waals surface area contributed by atoms with Gasteiger partial charge in [0.2, 0.25) is 0 Å². The lowest BCUT2D eigenvalue weighted by atomic mass is 9.94. The van der Waals surface area contributed by atoms with E-state index in [1.807, 2.05) is 0 Å². The molecule has 1 aromatic rings. The van der Waals surface area contributed by atoms with Crippen LogP contribution in [0.3, 0.4) is 0 Å². The highest BCUT2D eigenvalue weighted by molar-refractivity contribution is 5.27. The van der Waals surface area contributed by atoms with Crippen LogP contribution in [0.2, 0.25) is 0 Å². The van der Waals surface area contributed by atoms with Crippen LogP contribution in [0.5, 0.6) is 0 Å². The third-order valence-corrected chi connectivity index (χ3v) is 2.63. The minimum atomic E-state index is 0.455. The summed E-state index contributed by atoms with van der Waals surface area (Å²) in [4.78, 5) is 0. The molecule has 84 valence electrons. The summed E-state index contributed by atoms with van der Waals surface area (Å²) in [6, 6.07) is 2.22. The molecule has 1 heterocycles. The second-order valence-electron chi connectivity index (χ2n) is 5.07. The summed E-state index contributed by atoms with van der Waals surface area (Å²) in [5, 5.41) is 8.66. The molecule has 2 heteroatoms. The second kappa shape index (κ2) is 4.73. The molecule has 1 aromatic heterocycles. The Labute approximate surface area is 93.1 Å². The number of aromatic nitrogens is 2. The Hall–Kier alpha value is -0.920. The molecule has 0 N–H and O–H groups in total. The molecule has 0 amide bonds. The highest BCUT2D eigenvalue weighted by atomic mass is 15.1. The molecule has 0 bridgehead atoms. The lowest BCUT2D eigenvalue weighted by Crippen LogP contribution is -2.07. The lowest BCUT2D eigenvalue weighted by molar-refractivity contribution is 0.694. The molecular weight excluding hydrogens is 184 g/mol. The van der Waals surface area contributed by atoms with E-state index in [0.29, 0.717) is 17.8 Å². The highest BCUT2D eigenvalue weighted by Gasteiger charge is 2.14. The third kappa shape index (κ3) is 2.77. The van der Waals surface area contributed by atoms with Crippen LogP contribution >= 0.6 is 0 Å². The van der Waals surface area contributed by atoms with E-state index < -0.39 is 0 Å². The molecule has 0 aliphatic rings. The van der Waals surface area contributed by atoms with E-state index in [4.69, 9.17) is 0 Å². The average Bonchev–Trinajstić information content (AvgIpc) is 2.16. The van der Waals surface area contributed by atoms with Crippen molar-refractivity contribution in [1.82, 2.24) is 10.2 Å². The van der Waals surface area contributed by atoms with Crippen molar-refractivity contribution in [3.05, 3.63) is 23.0 Å². The average molecular weight is 206 g/mol. The second-order valence-corrected chi connectivity index (χ2v) is 5.07. The van der Waals surface area contributed by atoms with Gasteiger partial charge in [0, 0.05) is 0 Å². The first-order valence-corrected chi connectivity index (χ1v) is 5.80. The number of hydrogen-bond acceptors (Lipinski definition) is 2. The summed E-state index contributed by atoms with van der Waals surface area (Å²) in [6.07, 6.45) is 0. The minimum Gasteiger partial charge on any atom is -0.155 e. The van der Waals surface area contributed by atoms with E-state index in [-0.39, 0.29) is 0 Å². The van der Waals surface area contributed by atoms with Gasteiger partial charge >= 0.3 is 0 Å². The fourth-order valence-electron chi connectivity index (χ4n) is 1.62. The Kier molecular flexibility index (Phi) is 3.83. The Morgan fingerprint density at radius 3 is 1.80 bits per heavy atom. The molecule has 0 saturated heterocycles. The van der Waals surface area contributed by atoms with Gasteiger partial charge in [-0.1, -0.05) is 41.5 Å². The molecule has 0 saturated carbocycles. The quantitative estimate of drug-likeness (QED) is 0.750. The normalized spacial score (nSPS) is 11.8. The first-order valence-electron chi connectivity index (χ1n) is 5.80. The van der Waals surface area contributed by atoms with E-state index >= 15 is 0 Å². The van der Waals surface area contributed by atoms with Crippen LogP contribution in [0.1, 0.15) is 76.2 Å². The first-order chi connectivity index (χ1) is 6.93. The molecule has 0 aliphatic carbocycles. The monoisotopic (exact) mass is 206 g/mol. The molecule has 0 radical (unpaired) electrons.